The first-order valence-electron chi connectivity index (χ1n) is 9.83. The monoisotopic (exact) mass is 527 g/mol. The number of nitrogens with one attached hydrogen (secondary N) is 1. The van der Waals surface area contributed by atoms with Crippen LogP contribution in [0.3, 0.4) is 0 Å². The van der Waals surface area contributed by atoms with E-state index in [2.05, 4.69) is 15.5 Å². The van der Waals surface area contributed by atoms with Crippen LogP contribution in [0.1, 0.15) is 33.2 Å². The average molecular weight is 529 g/mol. The molecule has 1 aliphatic rings. The second kappa shape index (κ2) is 9.44. The van der Waals surface area contributed by atoms with Gasteiger partial charge in [-0.2, -0.15) is 13.2 Å². The summed E-state index contributed by atoms with van der Waals surface area (Å²) < 4.78 is 42.5. The molecule has 11 heteroatoms. The van der Waals surface area contributed by atoms with Gasteiger partial charge in [-0.3, -0.25) is 4.79 Å². The van der Waals surface area contributed by atoms with Gasteiger partial charge in [-0.05, 0) is 54.4 Å². The lowest BCUT2D eigenvalue weighted by atomic mass is 9.87. The molecule has 4 rings (SSSR count). The number of anilines is 1. The zero-order valence-electron chi connectivity index (χ0n) is 17.3. The fourth-order valence-corrected chi connectivity index (χ4v) is 4.20. The van der Waals surface area contributed by atoms with E-state index in [4.69, 9.17) is 39.6 Å². The first-order chi connectivity index (χ1) is 16.0. The van der Waals surface area contributed by atoms with E-state index < -0.39 is 24.1 Å². The van der Waals surface area contributed by atoms with Crippen LogP contribution in [0.25, 0.3) is 0 Å². The topological polar surface area (TPSA) is 63.6 Å². The first kappa shape index (κ1) is 24.3. The van der Waals surface area contributed by atoms with Gasteiger partial charge in [0.05, 0.1) is 5.56 Å². The van der Waals surface area contributed by atoms with Gasteiger partial charge in [-0.25, -0.2) is 4.98 Å². The number of carbonyl (C=O) groups is 1. The average Bonchev–Trinajstić information content (AvgIpc) is 3.21. The van der Waals surface area contributed by atoms with Crippen LogP contribution in [0.15, 0.2) is 59.9 Å². The molecule has 0 fully saturated rings. The Kier molecular flexibility index (Phi) is 6.75. The lowest BCUT2D eigenvalue weighted by Gasteiger charge is -2.22. The normalized spacial score (nSPS) is 17.8. The van der Waals surface area contributed by atoms with Crippen molar-refractivity contribution in [3.05, 3.63) is 92.2 Å². The zero-order chi connectivity index (χ0) is 24.6. The molecule has 3 aromatic rings. The molecular weight excluding hydrogens is 514 g/mol. The van der Waals surface area contributed by atoms with Gasteiger partial charge in [0.25, 0.3) is 5.91 Å². The van der Waals surface area contributed by atoms with E-state index in [0.29, 0.717) is 11.3 Å². The third kappa shape index (κ3) is 5.14. The van der Waals surface area contributed by atoms with Crippen LogP contribution in [-0.2, 0) is 4.84 Å². The summed E-state index contributed by atoms with van der Waals surface area (Å²) in [6, 6.07) is 11.6. The second-order valence-electron chi connectivity index (χ2n) is 7.58. The standard InChI is InChI=1S/C23H15Cl3F3N3O2/c1-11-2-3-12(8-17(11)31-22(33)13-4-5-18(26)30-10-13)20-19(23(27,28)29)21(34-32-20)14-6-15(24)9-16(25)7-14/h2-10,19,21H,1H3,(H,31,33)/t19?,21-/m1/s1. The number of aromatic nitrogens is 1. The molecular formula is C23H15Cl3F3N3O2. The van der Waals surface area contributed by atoms with E-state index >= 15 is 0 Å². The van der Waals surface area contributed by atoms with E-state index in [1.54, 1.807) is 13.0 Å². The van der Waals surface area contributed by atoms with E-state index in [0.717, 1.165) is 0 Å². The lowest BCUT2D eigenvalue weighted by Crippen LogP contribution is -2.33. The van der Waals surface area contributed by atoms with Gasteiger partial charge in [0, 0.05) is 27.5 Å². The number of hydrogen-bond donors (Lipinski definition) is 1. The molecule has 0 saturated heterocycles. The van der Waals surface area contributed by atoms with Crippen LogP contribution in [0.5, 0.6) is 0 Å². The number of oxime groups is 1. The number of amides is 1. The highest BCUT2D eigenvalue weighted by Gasteiger charge is 2.53. The summed E-state index contributed by atoms with van der Waals surface area (Å²) in [6.07, 6.45) is -4.85. The van der Waals surface area contributed by atoms with E-state index in [1.807, 2.05) is 0 Å². The van der Waals surface area contributed by atoms with Crippen LogP contribution in [0, 0.1) is 12.8 Å². The smallest absolute Gasteiger partial charge is 0.386 e. The summed E-state index contributed by atoms with van der Waals surface area (Å²) in [5.41, 5.74) is 1.16. The summed E-state index contributed by atoms with van der Waals surface area (Å²) in [5, 5.41) is 7.03. The molecule has 1 N–H and O–H groups in total. The molecule has 1 amide bonds. The molecule has 5 nitrogen and oxygen atoms in total. The van der Waals surface area contributed by atoms with Crippen molar-refractivity contribution >= 4 is 52.1 Å². The predicted molar refractivity (Wildman–Crippen MR) is 125 cm³/mol. The SMILES string of the molecule is Cc1ccc(C2=NO[C@H](c3cc(Cl)cc(Cl)c3)C2C(F)(F)F)cc1NC(=O)c1ccc(Cl)nc1. The molecule has 0 spiro atoms. The van der Waals surface area contributed by atoms with E-state index in [1.165, 1.54) is 48.7 Å². The van der Waals surface area contributed by atoms with Gasteiger partial charge < -0.3 is 10.2 Å². The molecule has 1 unspecified atom stereocenters. The number of pyridine rings is 1. The maximum Gasteiger partial charge on any atom is 0.401 e. The maximum atomic E-state index is 14.2. The molecule has 34 heavy (non-hydrogen) atoms. The minimum absolute atomic E-state index is 0.146. The molecule has 2 atom stereocenters. The summed E-state index contributed by atoms with van der Waals surface area (Å²) in [6.45, 7) is 1.71. The highest BCUT2D eigenvalue weighted by molar-refractivity contribution is 6.34. The number of hydrogen-bond acceptors (Lipinski definition) is 4. The number of aryl methyl sites for hydroxylation is 1. The Labute approximate surface area is 207 Å². The highest BCUT2D eigenvalue weighted by atomic mass is 35.5. The summed E-state index contributed by atoms with van der Waals surface area (Å²) in [4.78, 5) is 21.7. The third-order valence-corrected chi connectivity index (χ3v) is 5.86. The molecule has 0 bridgehead atoms. The van der Waals surface area contributed by atoms with Crippen molar-refractivity contribution in [2.45, 2.75) is 19.2 Å². The summed E-state index contributed by atoms with van der Waals surface area (Å²) in [5.74, 6) is -2.57. The first-order valence-corrected chi connectivity index (χ1v) is 11.0. The Bertz CT molecular complexity index is 1260. The Morgan fingerprint density at radius 1 is 1.03 bits per heavy atom. The minimum atomic E-state index is -4.68. The van der Waals surface area contributed by atoms with Gasteiger partial charge >= 0.3 is 6.18 Å². The number of rotatable bonds is 4. The summed E-state index contributed by atoms with van der Waals surface area (Å²) in [7, 11) is 0. The third-order valence-electron chi connectivity index (χ3n) is 5.20. The van der Waals surface area contributed by atoms with Crippen molar-refractivity contribution < 1.29 is 22.8 Å². The molecule has 0 radical (unpaired) electrons. The number of benzene rings is 2. The van der Waals surface area contributed by atoms with Gasteiger partial charge in [-0.15, -0.1) is 0 Å². The maximum absolute atomic E-state index is 14.2. The molecule has 176 valence electrons. The van der Waals surface area contributed by atoms with Crippen LogP contribution in [0.2, 0.25) is 15.2 Å². The van der Waals surface area contributed by atoms with Gasteiger partial charge in [0.15, 0.2) is 6.10 Å². The molecule has 2 aromatic carbocycles. The van der Waals surface area contributed by atoms with Gasteiger partial charge in [0.1, 0.15) is 16.8 Å². The Hall–Kier alpha value is -2.81. The molecule has 2 heterocycles. The van der Waals surface area contributed by atoms with Crippen LogP contribution in [0.4, 0.5) is 18.9 Å². The summed E-state index contributed by atoms with van der Waals surface area (Å²) >= 11 is 17.7. The number of halogens is 6. The highest BCUT2D eigenvalue weighted by Crippen LogP contribution is 2.45. The zero-order valence-corrected chi connectivity index (χ0v) is 19.6. The van der Waals surface area contributed by atoms with Crippen LogP contribution >= 0.6 is 34.8 Å². The van der Waals surface area contributed by atoms with Crippen molar-refractivity contribution in [1.82, 2.24) is 4.98 Å². The van der Waals surface area contributed by atoms with Gasteiger partial charge in [0.2, 0.25) is 0 Å². The van der Waals surface area contributed by atoms with Crippen LogP contribution < -0.4 is 5.32 Å². The molecule has 0 aliphatic carbocycles. The fourth-order valence-electron chi connectivity index (χ4n) is 3.55. The van der Waals surface area contributed by atoms with Crippen molar-refractivity contribution in [2.24, 2.45) is 11.1 Å². The van der Waals surface area contributed by atoms with E-state index in [-0.39, 0.29) is 37.6 Å². The molecule has 1 aromatic heterocycles. The number of nitrogens with zero attached hydrogens (tertiary/aromatic N) is 2. The quantitative estimate of drug-likeness (QED) is 0.363. The Balaban J connectivity index is 1.66. The van der Waals surface area contributed by atoms with Crippen molar-refractivity contribution in [3.8, 4) is 0 Å². The largest absolute Gasteiger partial charge is 0.401 e. The fraction of sp³-hybridized carbons (Fsp3) is 0.174. The van der Waals surface area contributed by atoms with Crippen molar-refractivity contribution in [3.63, 3.8) is 0 Å². The number of carbonyl (C=O) groups excluding carboxylic acids is 1. The predicted octanol–water partition coefficient (Wildman–Crippen LogP) is 7.26. The molecule has 1 aliphatic heterocycles. The van der Waals surface area contributed by atoms with Crippen molar-refractivity contribution in [1.29, 1.82) is 0 Å². The van der Waals surface area contributed by atoms with Gasteiger partial charge in [-0.1, -0.05) is 52.1 Å². The van der Waals surface area contributed by atoms with Crippen LogP contribution in [-0.4, -0.2) is 22.8 Å². The lowest BCUT2D eigenvalue weighted by molar-refractivity contribution is -0.177. The Morgan fingerprint density at radius 2 is 1.74 bits per heavy atom. The Morgan fingerprint density at radius 3 is 2.35 bits per heavy atom. The minimum Gasteiger partial charge on any atom is -0.386 e. The van der Waals surface area contributed by atoms with Crippen molar-refractivity contribution in [2.75, 3.05) is 5.32 Å². The van der Waals surface area contributed by atoms with E-state index in [9.17, 15) is 18.0 Å². The molecule has 0 saturated carbocycles. The number of alkyl halides is 3. The second-order valence-corrected chi connectivity index (χ2v) is 8.84.